The number of aromatic carboxylic acids is 1. The minimum absolute atomic E-state index is 0.109. The van der Waals surface area contributed by atoms with Crippen molar-refractivity contribution < 1.29 is 27.9 Å². The van der Waals surface area contributed by atoms with Crippen LogP contribution in [0, 0.1) is 0 Å². The van der Waals surface area contributed by atoms with Gasteiger partial charge < -0.3 is 14.9 Å². The molecule has 8 nitrogen and oxygen atoms in total. The highest BCUT2D eigenvalue weighted by molar-refractivity contribution is 6.33. The maximum absolute atomic E-state index is 13.8. The van der Waals surface area contributed by atoms with E-state index in [1.54, 1.807) is 19.1 Å². The van der Waals surface area contributed by atoms with Crippen LogP contribution in [-0.2, 0) is 12.7 Å². The Labute approximate surface area is 199 Å². The molecule has 2 aliphatic heterocycles. The summed E-state index contributed by atoms with van der Waals surface area (Å²) in [6.07, 6.45) is -1.36. The van der Waals surface area contributed by atoms with Crippen molar-refractivity contribution in [2.45, 2.75) is 38.5 Å². The van der Waals surface area contributed by atoms with E-state index in [1.807, 2.05) is 9.80 Å². The number of carboxylic acids is 1. The third kappa shape index (κ3) is 5.00. The lowest BCUT2D eigenvalue weighted by atomic mass is 10.0. The molecule has 0 unspecified atom stereocenters. The van der Waals surface area contributed by atoms with Crippen LogP contribution < -0.4 is 4.90 Å². The summed E-state index contributed by atoms with van der Waals surface area (Å²) in [7, 11) is 0. The Balaban J connectivity index is 1.46. The van der Waals surface area contributed by atoms with Crippen LogP contribution in [0.25, 0.3) is 0 Å². The van der Waals surface area contributed by atoms with Gasteiger partial charge in [0.2, 0.25) is 0 Å². The molecule has 0 spiro atoms. The van der Waals surface area contributed by atoms with Gasteiger partial charge in [-0.1, -0.05) is 17.7 Å². The quantitative estimate of drug-likeness (QED) is 0.684. The van der Waals surface area contributed by atoms with Crippen molar-refractivity contribution in [3.63, 3.8) is 0 Å². The number of carboxylic acid groups (broad SMARTS) is 1. The molecule has 34 heavy (non-hydrogen) atoms. The number of piperazine rings is 1. The first-order chi connectivity index (χ1) is 16.0. The van der Waals surface area contributed by atoms with Crippen LogP contribution in [-0.4, -0.2) is 75.5 Å². The van der Waals surface area contributed by atoms with Crippen LogP contribution >= 0.6 is 11.6 Å². The van der Waals surface area contributed by atoms with E-state index in [4.69, 9.17) is 16.7 Å². The molecule has 0 aliphatic carbocycles. The summed E-state index contributed by atoms with van der Waals surface area (Å²) < 4.78 is 42.4. The SMILES string of the molecule is C[C@@H]1CN(Cc2ccc(N3CCCC3)cc2C(F)(F)F)CCN1C(=O)n1cc(Cl)c(C(=O)O)n1. The highest BCUT2D eigenvalue weighted by atomic mass is 35.5. The van der Waals surface area contributed by atoms with Crippen LogP contribution in [0.5, 0.6) is 0 Å². The second-order valence-corrected chi connectivity index (χ2v) is 9.08. The number of carbonyl (C=O) groups is 2. The molecule has 1 aromatic heterocycles. The van der Waals surface area contributed by atoms with E-state index < -0.39 is 29.4 Å². The summed E-state index contributed by atoms with van der Waals surface area (Å²) in [6, 6.07) is 3.69. The number of carbonyl (C=O) groups excluding carboxylic acids is 1. The first kappa shape index (κ1) is 24.3. The smallest absolute Gasteiger partial charge is 0.416 e. The van der Waals surface area contributed by atoms with Crippen LogP contribution in [0.2, 0.25) is 5.02 Å². The second-order valence-electron chi connectivity index (χ2n) is 8.67. The third-order valence-corrected chi connectivity index (χ3v) is 6.57. The molecule has 1 N–H and O–H groups in total. The molecule has 1 amide bonds. The standard InChI is InChI=1S/C22H25ClF3N5O3/c1-14-11-28(8-9-30(14)21(34)31-13-18(23)19(27-31)20(32)33)12-15-4-5-16(29-6-2-3-7-29)10-17(15)22(24,25)26/h4-5,10,13-14H,2-3,6-9,11-12H2,1H3,(H,32,33)/t14-/m1/s1. The molecule has 2 aromatic rings. The van der Waals surface area contributed by atoms with Crippen LogP contribution in [0.3, 0.4) is 0 Å². The van der Waals surface area contributed by atoms with E-state index in [-0.39, 0.29) is 29.7 Å². The van der Waals surface area contributed by atoms with E-state index in [1.165, 1.54) is 11.0 Å². The Bertz CT molecular complexity index is 1080. The lowest BCUT2D eigenvalue weighted by Crippen LogP contribution is -2.54. The fraction of sp³-hybridized carbons (Fsp3) is 0.500. The normalized spacial score (nSPS) is 19.6. The number of hydrogen-bond acceptors (Lipinski definition) is 5. The topological polar surface area (TPSA) is 81.9 Å². The summed E-state index contributed by atoms with van der Waals surface area (Å²) in [5, 5.41) is 12.7. The number of aromatic nitrogens is 2. The fourth-order valence-corrected chi connectivity index (χ4v) is 4.78. The summed E-state index contributed by atoms with van der Waals surface area (Å²) in [4.78, 5) is 29.3. The molecule has 3 heterocycles. The molecule has 0 bridgehead atoms. The summed E-state index contributed by atoms with van der Waals surface area (Å²) >= 11 is 5.84. The number of rotatable bonds is 4. The van der Waals surface area contributed by atoms with Gasteiger partial charge in [0.15, 0.2) is 5.69 Å². The number of nitrogens with zero attached hydrogens (tertiary/aromatic N) is 5. The Hall–Kier alpha value is -2.79. The number of halogens is 4. The minimum Gasteiger partial charge on any atom is -0.476 e. The Kier molecular flexibility index (Phi) is 6.77. The van der Waals surface area contributed by atoms with Gasteiger partial charge in [-0.25, -0.2) is 9.59 Å². The van der Waals surface area contributed by atoms with Gasteiger partial charge in [-0.2, -0.15) is 23.0 Å². The van der Waals surface area contributed by atoms with Crippen molar-refractivity contribution in [1.82, 2.24) is 19.6 Å². The maximum Gasteiger partial charge on any atom is 0.416 e. The Morgan fingerprint density at radius 1 is 1.18 bits per heavy atom. The van der Waals surface area contributed by atoms with Gasteiger partial charge >= 0.3 is 18.2 Å². The van der Waals surface area contributed by atoms with E-state index in [9.17, 15) is 22.8 Å². The first-order valence-corrected chi connectivity index (χ1v) is 11.4. The van der Waals surface area contributed by atoms with E-state index in [0.717, 1.165) is 36.8 Å². The summed E-state index contributed by atoms with van der Waals surface area (Å²) in [5.74, 6) is -1.34. The van der Waals surface area contributed by atoms with Gasteiger partial charge in [0.25, 0.3) is 0 Å². The number of alkyl halides is 3. The molecule has 0 saturated carbocycles. The largest absolute Gasteiger partial charge is 0.476 e. The zero-order valence-corrected chi connectivity index (χ0v) is 19.3. The first-order valence-electron chi connectivity index (χ1n) is 11.0. The average molecular weight is 500 g/mol. The molecule has 1 aromatic carbocycles. The van der Waals surface area contributed by atoms with Crippen molar-refractivity contribution in [1.29, 1.82) is 0 Å². The van der Waals surface area contributed by atoms with Crippen LogP contribution in [0.4, 0.5) is 23.7 Å². The van der Waals surface area contributed by atoms with Gasteiger partial charge in [-0.15, -0.1) is 0 Å². The van der Waals surface area contributed by atoms with E-state index in [2.05, 4.69) is 5.10 Å². The molecule has 2 saturated heterocycles. The highest BCUT2D eigenvalue weighted by Crippen LogP contribution is 2.36. The average Bonchev–Trinajstić information content (AvgIpc) is 3.43. The lowest BCUT2D eigenvalue weighted by Gasteiger charge is -2.39. The monoisotopic (exact) mass is 499 g/mol. The van der Waals surface area contributed by atoms with E-state index in [0.29, 0.717) is 18.8 Å². The fourth-order valence-electron chi connectivity index (χ4n) is 4.57. The van der Waals surface area contributed by atoms with Crippen molar-refractivity contribution in [2.75, 3.05) is 37.6 Å². The molecule has 0 radical (unpaired) electrons. The van der Waals surface area contributed by atoms with Gasteiger partial charge in [0, 0.05) is 51.0 Å². The Morgan fingerprint density at radius 3 is 2.47 bits per heavy atom. The number of hydrogen-bond donors (Lipinski definition) is 1. The zero-order chi connectivity index (χ0) is 24.6. The number of anilines is 1. The van der Waals surface area contributed by atoms with Gasteiger partial charge in [-0.3, -0.25) is 4.90 Å². The molecule has 2 aliphatic rings. The summed E-state index contributed by atoms with van der Waals surface area (Å²) in [5.41, 5.74) is -0.253. The minimum atomic E-state index is -4.46. The van der Waals surface area contributed by atoms with Gasteiger partial charge in [-0.05, 0) is 37.5 Å². The van der Waals surface area contributed by atoms with Crippen LogP contribution in [0.15, 0.2) is 24.4 Å². The van der Waals surface area contributed by atoms with Crippen molar-refractivity contribution in [3.8, 4) is 0 Å². The molecular formula is C22H25ClF3N5O3. The van der Waals surface area contributed by atoms with Crippen molar-refractivity contribution in [2.24, 2.45) is 0 Å². The Morgan fingerprint density at radius 2 is 1.88 bits per heavy atom. The predicted octanol–water partition coefficient (Wildman–Crippen LogP) is 4.03. The molecule has 12 heteroatoms. The number of amides is 1. The van der Waals surface area contributed by atoms with Gasteiger partial charge in [0.05, 0.1) is 16.8 Å². The van der Waals surface area contributed by atoms with E-state index >= 15 is 0 Å². The predicted molar refractivity (Wildman–Crippen MR) is 119 cm³/mol. The molecular weight excluding hydrogens is 475 g/mol. The maximum atomic E-state index is 13.8. The molecule has 2 fully saturated rings. The molecule has 4 rings (SSSR count). The second kappa shape index (κ2) is 9.46. The van der Waals surface area contributed by atoms with Crippen molar-refractivity contribution >= 4 is 29.3 Å². The van der Waals surface area contributed by atoms with Crippen LogP contribution in [0.1, 0.15) is 41.4 Å². The van der Waals surface area contributed by atoms with Gasteiger partial charge in [0.1, 0.15) is 0 Å². The number of benzene rings is 1. The third-order valence-electron chi connectivity index (χ3n) is 6.29. The summed E-state index contributed by atoms with van der Waals surface area (Å²) in [6.45, 7) is 4.40. The molecule has 1 atom stereocenters. The lowest BCUT2D eigenvalue weighted by molar-refractivity contribution is -0.138. The van der Waals surface area contributed by atoms with Crippen molar-refractivity contribution in [3.05, 3.63) is 46.2 Å². The highest BCUT2D eigenvalue weighted by Gasteiger charge is 2.36. The zero-order valence-electron chi connectivity index (χ0n) is 18.6. The molecule has 184 valence electrons.